The third-order valence-corrected chi connectivity index (χ3v) is 4.96. The Morgan fingerprint density at radius 2 is 2.26 bits per heavy atom. The molecular formula is C18H19ClN6O2. The van der Waals surface area contributed by atoms with Crippen molar-refractivity contribution in [3.63, 3.8) is 0 Å². The van der Waals surface area contributed by atoms with Crippen molar-refractivity contribution in [2.45, 2.75) is 31.5 Å². The number of nitrogens with one attached hydrogen (secondary N) is 1. The summed E-state index contributed by atoms with van der Waals surface area (Å²) in [5, 5.41) is 18.1. The lowest BCUT2D eigenvalue weighted by Crippen LogP contribution is -2.40. The van der Waals surface area contributed by atoms with Crippen LogP contribution in [0.25, 0.3) is 5.82 Å². The highest BCUT2D eigenvalue weighted by molar-refractivity contribution is 6.30. The Kier molecular flexibility index (Phi) is 4.91. The van der Waals surface area contributed by atoms with Crippen LogP contribution in [-0.2, 0) is 6.54 Å². The molecule has 27 heavy (non-hydrogen) atoms. The lowest BCUT2D eigenvalue weighted by Gasteiger charge is -2.16. The van der Waals surface area contributed by atoms with Crippen molar-refractivity contribution in [2.24, 2.45) is 5.92 Å². The van der Waals surface area contributed by atoms with Gasteiger partial charge in [0.1, 0.15) is 12.1 Å². The monoisotopic (exact) mass is 386 g/mol. The minimum atomic E-state index is -0.583. The van der Waals surface area contributed by atoms with Gasteiger partial charge in [0.15, 0.2) is 0 Å². The first-order valence-corrected chi connectivity index (χ1v) is 9.07. The molecule has 3 aromatic heterocycles. The number of amides is 1. The Morgan fingerprint density at radius 1 is 1.37 bits per heavy atom. The molecule has 0 aliphatic heterocycles. The fourth-order valence-corrected chi connectivity index (χ4v) is 3.63. The van der Waals surface area contributed by atoms with Crippen LogP contribution in [0.5, 0.6) is 0 Å². The molecule has 8 nitrogen and oxygen atoms in total. The quantitative estimate of drug-likeness (QED) is 0.695. The Hall–Kier alpha value is -2.71. The van der Waals surface area contributed by atoms with Gasteiger partial charge in [-0.3, -0.25) is 14.0 Å². The fourth-order valence-electron chi connectivity index (χ4n) is 3.47. The number of hydrogen-bond donors (Lipinski definition) is 2. The molecule has 3 heterocycles. The molecule has 1 fully saturated rings. The topological polar surface area (TPSA) is 97.9 Å². The molecule has 2 N–H and O–H groups in total. The number of hydrogen-bond acceptors (Lipinski definition) is 5. The molecule has 3 aromatic rings. The van der Waals surface area contributed by atoms with Crippen LogP contribution in [0.2, 0.25) is 5.02 Å². The van der Waals surface area contributed by atoms with Gasteiger partial charge in [0.25, 0.3) is 5.91 Å². The van der Waals surface area contributed by atoms with Gasteiger partial charge in [0.05, 0.1) is 23.4 Å². The van der Waals surface area contributed by atoms with Gasteiger partial charge in [-0.2, -0.15) is 5.10 Å². The van der Waals surface area contributed by atoms with Gasteiger partial charge < -0.3 is 10.4 Å². The van der Waals surface area contributed by atoms with E-state index < -0.39 is 6.10 Å². The second-order valence-electron chi connectivity index (χ2n) is 6.74. The molecule has 1 unspecified atom stereocenters. The number of imidazole rings is 1. The fraction of sp³-hybridized carbons (Fsp3) is 0.333. The first-order chi connectivity index (χ1) is 13.1. The number of halogens is 1. The summed E-state index contributed by atoms with van der Waals surface area (Å²) in [4.78, 5) is 20.9. The molecule has 140 valence electrons. The van der Waals surface area contributed by atoms with E-state index in [1.807, 2.05) is 0 Å². The number of carbonyl (C=O) groups excluding carboxylic acids is 1. The maximum atomic E-state index is 12.6. The minimum absolute atomic E-state index is 0.222. The summed E-state index contributed by atoms with van der Waals surface area (Å²) in [6.07, 6.45) is 10.7. The zero-order valence-electron chi connectivity index (χ0n) is 14.4. The first-order valence-electron chi connectivity index (χ1n) is 8.70. The number of aliphatic hydroxyl groups excluding tert-OH is 1. The predicted octanol–water partition coefficient (Wildman–Crippen LogP) is 1.69. The van der Waals surface area contributed by atoms with Crippen molar-refractivity contribution in [1.82, 2.24) is 29.6 Å². The number of aromatic nitrogens is 5. The van der Waals surface area contributed by atoms with Crippen LogP contribution in [0.15, 0.2) is 49.4 Å². The molecule has 0 aromatic carbocycles. The molecule has 1 saturated carbocycles. The van der Waals surface area contributed by atoms with Gasteiger partial charge in [-0.05, 0) is 30.9 Å². The summed E-state index contributed by atoms with van der Waals surface area (Å²) in [6, 6.07) is 3.06. The molecule has 1 amide bonds. The van der Waals surface area contributed by atoms with Crippen LogP contribution in [0, 0.1) is 5.92 Å². The number of pyridine rings is 1. The second-order valence-corrected chi connectivity index (χ2v) is 7.17. The minimum Gasteiger partial charge on any atom is -0.391 e. The molecule has 0 spiro atoms. The van der Waals surface area contributed by atoms with Crippen LogP contribution in [0.4, 0.5) is 0 Å². The number of aliphatic hydroxyl groups is 1. The number of rotatable bonds is 5. The normalized spacial score (nSPS) is 22.1. The summed E-state index contributed by atoms with van der Waals surface area (Å²) in [5.41, 5.74) is 0.489. The van der Waals surface area contributed by atoms with Gasteiger partial charge in [0, 0.05) is 36.9 Å². The van der Waals surface area contributed by atoms with Crippen molar-refractivity contribution in [3.05, 3.63) is 60.0 Å². The Labute approximate surface area is 160 Å². The molecule has 1 aliphatic carbocycles. The van der Waals surface area contributed by atoms with Crippen LogP contribution < -0.4 is 5.32 Å². The van der Waals surface area contributed by atoms with E-state index in [0.29, 0.717) is 35.8 Å². The smallest absolute Gasteiger partial charge is 0.251 e. The summed E-state index contributed by atoms with van der Waals surface area (Å²) in [5.74, 6) is 0.603. The molecule has 3 atom stereocenters. The van der Waals surface area contributed by atoms with Crippen molar-refractivity contribution in [2.75, 3.05) is 0 Å². The third kappa shape index (κ3) is 4.01. The Bertz CT molecular complexity index is 926. The van der Waals surface area contributed by atoms with E-state index in [2.05, 4.69) is 20.4 Å². The van der Waals surface area contributed by atoms with Gasteiger partial charge in [-0.15, -0.1) is 0 Å². The van der Waals surface area contributed by atoms with Crippen LogP contribution in [-0.4, -0.2) is 47.5 Å². The average Bonchev–Trinajstić information content (AvgIpc) is 3.39. The molecule has 0 saturated heterocycles. The highest BCUT2D eigenvalue weighted by Crippen LogP contribution is 2.28. The zero-order valence-corrected chi connectivity index (χ0v) is 15.2. The van der Waals surface area contributed by atoms with E-state index in [1.165, 1.54) is 0 Å². The standard InChI is InChI=1S/C18H19ClN6O2/c19-14-8-22-25(10-14)9-12-5-15(16(26)6-12)23-18(27)13-1-2-21-17(7-13)24-4-3-20-11-24/h1-4,7-8,10-12,15-16,26H,5-6,9H2,(H,23,27)/t12?,15-,16-/m1/s1. The van der Waals surface area contributed by atoms with Crippen molar-refractivity contribution in [1.29, 1.82) is 0 Å². The van der Waals surface area contributed by atoms with E-state index >= 15 is 0 Å². The molecule has 1 aliphatic rings. The van der Waals surface area contributed by atoms with E-state index in [0.717, 1.165) is 0 Å². The zero-order chi connectivity index (χ0) is 18.8. The third-order valence-electron chi connectivity index (χ3n) is 4.77. The van der Waals surface area contributed by atoms with Crippen molar-refractivity contribution in [3.8, 4) is 5.82 Å². The van der Waals surface area contributed by atoms with E-state index in [9.17, 15) is 9.90 Å². The summed E-state index contributed by atoms with van der Waals surface area (Å²) in [7, 11) is 0. The maximum Gasteiger partial charge on any atom is 0.251 e. The molecule has 4 rings (SSSR count). The maximum absolute atomic E-state index is 12.6. The Morgan fingerprint density at radius 3 is 3.00 bits per heavy atom. The van der Waals surface area contributed by atoms with E-state index in [-0.39, 0.29) is 17.9 Å². The second kappa shape index (κ2) is 7.50. The molecule has 9 heteroatoms. The van der Waals surface area contributed by atoms with Gasteiger partial charge in [0.2, 0.25) is 0 Å². The summed E-state index contributed by atoms with van der Waals surface area (Å²) < 4.78 is 3.50. The molecule has 0 radical (unpaired) electrons. The van der Waals surface area contributed by atoms with Gasteiger partial charge in [-0.25, -0.2) is 9.97 Å². The predicted molar refractivity (Wildman–Crippen MR) is 98.6 cm³/mol. The van der Waals surface area contributed by atoms with Crippen LogP contribution in [0.3, 0.4) is 0 Å². The highest BCUT2D eigenvalue weighted by atomic mass is 35.5. The Balaban J connectivity index is 1.40. The van der Waals surface area contributed by atoms with Crippen molar-refractivity contribution < 1.29 is 9.90 Å². The van der Waals surface area contributed by atoms with Gasteiger partial charge in [-0.1, -0.05) is 11.6 Å². The summed E-state index contributed by atoms with van der Waals surface area (Å²) in [6.45, 7) is 0.663. The highest BCUT2D eigenvalue weighted by Gasteiger charge is 2.34. The van der Waals surface area contributed by atoms with Gasteiger partial charge >= 0.3 is 0 Å². The largest absolute Gasteiger partial charge is 0.391 e. The van der Waals surface area contributed by atoms with E-state index in [4.69, 9.17) is 11.6 Å². The molecular weight excluding hydrogens is 368 g/mol. The number of carbonyl (C=O) groups is 1. The average molecular weight is 387 g/mol. The lowest BCUT2D eigenvalue weighted by atomic mass is 10.1. The summed E-state index contributed by atoms with van der Waals surface area (Å²) >= 11 is 5.89. The number of nitrogens with zero attached hydrogens (tertiary/aromatic N) is 5. The van der Waals surface area contributed by atoms with Crippen LogP contribution >= 0.6 is 11.6 Å². The van der Waals surface area contributed by atoms with Crippen LogP contribution in [0.1, 0.15) is 23.2 Å². The lowest BCUT2D eigenvalue weighted by molar-refractivity contribution is 0.0872. The molecule has 0 bridgehead atoms. The van der Waals surface area contributed by atoms with E-state index in [1.54, 1.807) is 58.7 Å². The first kappa shape index (κ1) is 17.7. The van der Waals surface area contributed by atoms with Crippen molar-refractivity contribution >= 4 is 17.5 Å². The SMILES string of the molecule is O=C(N[C@@H]1CC(Cn2cc(Cl)cn2)C[C@H]1O)c1ccnc(-n2ccnc2)c1.